The van der Waals surface area contributed by atoms with Crippen molar-refractivity contribution in [3.63, 3.8) is 0 Å². The van der Waals surface area contributed by atoms with Gasteiger partial charge in [-0.3, -0.25) is 0 Å². The maximum absolute atomic E-state index is 7.09. The lowest BCUT2D eigenvalue weighted by molar-refractivity contribution is 0.622. The van der Waals surface area contributed by atoms with E-state index in [0.29, 0.717) is 0 Å². The van der Waals surface area contributed by atoms with Gasteiger partial charge in [-0.05, 0) is 82.2 Å². The van der Waals surface area contributed by atoms with E-state index in [2.05, 4.69) is 117 Å². The van der Waals surface area contributed by atoms with E-state index in [1.165, 1.54) is 0 Å². The summed E-state index contributed by atoms with van der Waals surface area (Å²) in [6.45, 7) is 0. The van der Waals surface area contributed by atoms with Crippen LogP contribution < -0.4 is 30.8 Å². The number of aromatic nitrogens is 4. The zero-order chi connectivity index (χ0) is 29.3. The van der Waals surface area contributed by atoms with Crippen molar-refractivity contribution in [3.8, 4) is 22.6 Å². The van der Waals surface area contributed by atoms with E-state index in [9.17, 15) is 0 Å². The number of hydrogen-bond acceptors (Lipinski definition) is 2. The molecule has 0 aliphatic heterocycles. The van der Waals surface area contributed by atoms with Crippen molar-refractivity contribution in [2.75, 3.05) is 0 Å². The quantitative estimate of drug-likeness (QED) is 0.126. The zero-order valence-electron chi connectivity index (χ0n) is 23.6. The standard InChI is InChI=1S/C36H28N4O2P2/c1-3-11-27-25(9-1)17-19-29(41-43(31-13-5-21-37-31)32-14-6-22-38-32)35(27)36-28-12-4-2-10-26(28)18-20-30(36)42-44(33-15-7-23-39-33)34-16-8-24-40-34/h1-24,37-40H. The SMILES string of the molecule is c1c[nH]c(P(Oc2ccc3ccccc3c2-c2c(OP(c3ccc[nH]3)c3ccc[nH]3)ccc3ccccc23)c2ccc[nH]2)c1. The zero-order valence-corrected chi connectivity index (χ0v) is 25.4. The van der Waals surface area contributed by atoms with Crippen LogP contribution in [0.3, 0.4) is 0 Å². The Morgan fingerprint density at radius 3 is 1.07 bits per heavy atom. The van der Waals surface area contributed by atoms with Gasteiger partial charge in [0, 0.05) is 35.9 Å². The molecule has 0 spiro atoms. The van der Waals surface area contributed by atoms with Crippen molar-refractivity contribution >= 4 is 59.6 Å². The van der Waals surface area contributed by atoms with Gasteiger partial charge in [0.2, 0.25) is 0 Å². The fourth-order valence-corrected chi connectivity index (χ4v) is 8.88. The first-order valence-electron chi connectivity index (χ1n) is 14.4. The Hall–Kier alpha value is -5.02. The summed E-state index contributed by atoms with van der Waals surface area (Å²) in [5.41, 5.74) is 6.12. The Morgan fingerprint density at radius 1 is 0.364 bits per heavy atom. The summed E-state index contributed by atoms with van der Waals surface area (Å²) < 4.78 is 14.2. The van der Waals surface area contributed by atoms with Crippen LogP contribution in [0.15, 0.2) is 146 Å². The molecule has 4 heterocycles. The highest BCUT2D eigenvalue weighted by Gasteiger charge is 2.27. The molecular weight excluding hydrogens is 582 g/mol. The second-order valence-corrected chi connectivity index (χ2v) is 13.8. The third kappa shape index (κ3) is 4.89. The number of fused-ring (bicyclic) bond motifs is 2. The molecule has 4 aromatic carbocycles. The van der Waals surface area contributed by atoms with Gasteiger partial charge in [-0.2, -0.15) is 0 Å². The van der Waals surface area contributed by atoms with Crippen molar-refractivity contribution in [1.82, 2.24) is 19.9 Å². The number of benzene rings is 4. The molecule has 0 fully saturated rings. The minimum absolute atomic E-state index is 0.796. The molecule has 214 valence electrons. The van der Waals surface area contributed by atoms with Gasteiger partial charge in [0.1, 0.15) is 11.5 Å². The molecule has 0 atom stereocenters. The van der Waals surface area contributed by atoms with Gasteiger partial charge >= 0.3 is 0 Å². The Morgan fingerprint density at radius 2 is 0.727 bits per heavy atom. The second kappa shape index (κ2) is 11.6. The average molecular weight is 611 g/mol. The summed E-state index contributed by atoms with van der Waals surface area (Å²) >= 11 is 0. The molecule has 0 bridgehead atoms. The fraction of sp³-hybridized carbons (Fsp3) is 0. The molecule has 44 heavy (non-hydrogen) atoms. The second-order valence-electron chi connectivity index (χ2n) is 10.3. The predicted molar refractivity (Wildman–Crippen MR) is 184 cm³/mol. The van der Waals surface area contributed by atoms with Crippen LogP contribution in [0.5, 0.6) is 11.5 Å². The van der Waals surface area contributed by atoms with E-state index in [4.69, 9.17) is 9.05 Å². The smallest absolute Gasteiger partial charge is 0.184 e. The van der Waals surface area contributed by atoms with Crippen LogP contribution in [0.2, 0.25) is 0 Å². The topological polar surface area (TPSA) is 81.6 Å². The molecular formula is C36H28N4O2P2. The minimum Gasteiger partial charge on any atom is -0.461 e. The molecule has 8 rings (SSSR count). The molecule has 0 aliphatic rings. The molecule has 4 N–H and O–H groups in total. The summed E-state index contributed by atoms with van der Waals surface area (Å²) in [4.78, 5) is 13.6. The monoisotopic (exact) mass is 610 g/mol. The first-order valence-corrected chi connectivity index (χ1v) is 16.9. The van der Waals surface area contributed by atoms with Crippen molar-refractivity contribution in [1.29, 1.82) is 0 Å². The average Bonchev–Trinajstić information content (AvgIpc) is 3.91. The van der Waals surface area contributed by atoms with Crippen molar-refractivity contribution < 1.29 is 9.05 Å². The minimum atomic E-state index is -1.20. The van der Waals surface area contributed by atoms with E-state index in [1.54, 1.807) is 0 Å². The molecule has 0 amide bonds. The summed E-state index contributed by atoms with van der Waals surface area (Å²) in [6, 6.07) is 41.8. The van der Waals surface area contributed by atoms with Gasteiger partial charge in [-0.15, -0.1) is 0 Å². The van der Waals surface area contributed by atoms with Crippen LogP contribution in [-0.4, -0.2) is 19.9 Å². The van der Waals surface area contributed by atoms with Gasteiger partial charge in [0.15, 0.2) is 16.3 Å². The van der Waals surface area contributed by atoms with Crippen LogP contribution in [-0.2, 0) is 0 Å². The van der Waals surface area contributed by atoms with E-state index in [-0.39, 0.29) is 0 Å². The fourth-order valence-electron chi connectivity index (χ4n) is 5.61. The molecule has 0 unspecified atom stereocenters. The largest absolute Gasteiger partial charge is 0.461 e. The van der Waals surface area contributed by atoms with E-state index in [0.717, 1.165) is 65.9 Å². The third-order valence-corrected chi connectivity index (χ3v) is 11.2. The molecule has 0 aliphatic carbocycles. The highest BCUT2D eigenvalue weighted by molar-refractivity contribution is 7.68. The summed E-state index contributed by atoms with van der Waals surface area (Å²) in [6.07, 6.45) is 7.77. The number of rotatable bonds is 9. The van der Waals surface area contributed by atoms with Crippen LogP contribution in [0.25, 0.3) is 32.7 Å². The lowest BCUT2D eigenvalue weighted by Crippen LogP contribution is -2.18. The van der Waals surface area contributed by atoms with Crippen LogP contribution in [0.4, 0.5) is 0 Å². The predicted octanol–water partition coefficient (Wildman–Crippen LogP) is 7.83. The molecule has 4 aromatic heterocycles. The van der Waals surface area contributed by atoms with E-state index < -0.39 is 16.3 Å². The maximum atomic E-state index is 7.09. The van der Waals surface area contributed by atoms with Gasteiger partial charge in [-0.1, -0.05) is 60.7 Å². The van der Waals surface area contributed by atoms with E-state index >= 15 is 0 Å². The summed E-state index contributed by atoms with van der Waals surface area (Å²) in [5.74, 6) is 1.59. The van der Waals surface area contributed by atoms with Gasteiger partial charge in [0.05, 0.1) is 21.7 Å². The molecule has 0 saturated heterocycles. The van der Waals surface area contributed by atoms with Crippen LogP contribution in [0, 0.1) is 0 Å². The van der Waals surface area contributed by atoms with Crippen molar-refractivity contribution in [3.05, 3.63) is 146 Å². The third-order valence-electron chi connectivity index (χ3n) is 7.61. The molecule has 6 nitrogen and oxygen atoms in total. The Bertz CT molecular complexity index is 1910. The van der Waals surface area contributed by atoms with Crippen LogP contribution >= 0.6 is 16.3 Å². The number of aromatic amines is 4. The first kappa shape index (κ1) is 26.6. The molecule has 0 saturated carbocycles. The number of H-pyrrole nitrogens is 4. The van der Waals surface area contributed by atoms with Gasteiger partial charge < -0.3 is 29.0 Å². The highest BCUT2D eigenvalue weighted by Crippen LogP contribution is 2.51. The summed E-state index contributed by atoms with van der Waals surface area (Å²) in [5, 5.41) is 4.47. The van der Waals surface area contributed by atoms with Gasteiger partial charge in [0.25, 0.3) is 0 Å². The normalized spacial score (nSPS) is 11.6. The van der Waals surface area contributed by atoms with Crippen LogP contribution in [0.1, 0.15) is 0 Å². The van der Waals surface area contributed by atoms with Crippen molar-refractivity contribution in [2.45, 2.75) is 0 Å². The van der Waals surface area contributed by atoms with E-state index in [1.807, 2.05) is 49.1 Å². The maximum Gasteiger partial charge on any atom is 0.184 e. The first-order chi connectivity index (χ1) is 21.8. The molecule has 0 radical (unpaired) electrons. The Labute approximate surface area is 256 Å². The number of nitrogens with one attached hydrogen (secondary N) is 4. The summed E-state index contributed by atoms with van der Waals surface area (Å²) in [7, 11) is -2.40. The lowest BCUT2D eigenvalue weighted by Gasteiger charge is -2.24. The van der Waals surface area contributed by atoms with Gasteiger partial charge in [-0.25, -0.2) is 0 Å². The Kier molecular flexibility index (Phi) is 7.00. The Balaban J connectivity index is 1.37. The molecule has 8 heteroatoms. The van der Waals surface area contributed by atoms with Crippen molar-refractivity contribution in [2.24, 2.45) is 0 Å². The lowest BCUT2D eigenvalue weighted by atomic mass is 9.92. The highest BCUT2D eigenvalue weighted by atomic mass is 31.1. The number of hydrogen-bond donors (Lipinski definition) is 4. The molecule has 8 aromatic rings.